The van der Waals surface area contributed by atoms with Gasteiger partial charge in [-0.15, -0.1) is 0 Å². The minimum atomic E-state index is -0.486. The molecule has 0 spiro atoms. The number of amides is 1. The number of rotatable bonds is 5. The summed E-state index contributed by atoms with van der Waals surface area (Å²) in [6.45, 7) is 1.80. The molecule has 0 fully saturated rings. The minimum absolute atomic E-state index is 0.226. The number of ether oxygens (including phenoxy) is 2. The zero-order valence-electron chi connectivity index (χ0n) is 10.4. The molecular weight excluding hydrogens is 321 g/mol. The van der Waals surface area contributed by atoms with Crippen LogP contribution in [0, 0.1) is 0 Å². The van der Waals surface area contributed by atoms with E-state index in [9.17, 15) is 4.79 Å². The van der Waals surface area contributed by atoms with Gasteiger partial charge in [0.2, 0.25) is 0 Å². The molecule has 1 aromatic rings. The van der Waals surface area contributed by atoms with Gasteiger partial charge in [-0.3, -0.25) is 4.79 Å². The fourth-order valence-corrected chi connectivity index (χ4v) is 1.93. The van der Waals surface area contributed by atoms with Crippen LogP contribution in [0.5, 0.6) is 0 Å². The molecule has 1 rings (SSSR count). The first-order valence-electron chi connectivity index (χ1n) is 5.31. The van der Waals surface area contributed by atoms with Crippen LogP contribution >= 0.6 is 27.5 Å². The van der Waals surface area contributed by atoms with E-state index in [2.05, 4.69) is 21.2 Å². The smallest absolute Gasteiger partial charge is 0.251 e. The van der Waals surface area contributed by atoms with Gasteiger partial charge in [-0.05, 0) is 41.1 Å². The molecule has 6 heteroatoms. The van der Waals surface area contributed by atoms with Crippen molar-refractivity contribution in [2.24, 2.45) is 0 Å². The third-order valence-corrected chi connectivity index (χ3v) is 3.65. The highest BCUT2D eigenvalue weighted by atomic mass is 79.9. The number of nitrogens with one attached hydrogen (secondary N) is 1. The predicted octanol–water partition coefficient (Wildman–Crippen LogP) is 2.84. The molecule has 0 heterocycles. The standard InChI is InChI=1S/C12H15BrClNO3/c1-7(12(17-2)18-3)15-11(16)8-4-5-9(13)10(14)6-8/h4-7,12H,1-3H3,(H,15,16). The van der Waals surface area contributed by atoms with Crippen molar-refractivity contribution in [1.29, 1.82) is 0 Å². The highest BCUT2D eigenvalue weighted by molar-refractivity contribution is 9.10. The Morgan fingerprint density at radius 2 is 2.00 bits per heavy atom. The van der Waals surface area contributed by atoms with Gasteiger partial charge in [-0.25, -0.2) is 0 Å². The Bertz CT molecular complexity index is 424. The Morgan fingerprint density at radius 1 is 1.39 bits per heavy atom. The number of carbonyl (C=O) groups excluding carboxylic acids is 1. The topological polar surface area (TPSA) is 47.6 Å². The molecule has 4 nitrogen and oxygen atoms in total. The highest BCUT2D eigenvalue weighted by Gasteiger charge is 2.19. The molecule has 0 bridgehead atoms. The lowest BCUT2D eigenvalue weighted by Crippen LogP contribution is -2.42. The second kappa shape index (κ2) is 7.09. The normalized spacial score (nSPS) is 12.6. The van der Waals surface area contributed by atoms with Crippen molar-refractivity contribution < 1.29 is 14.3 Å². The monoisotopic (exact) mass is 335 g/mol. The average molecular weight is 337 g/mol. The van der Waals surface area contributed by atoms with Crippen LogP contribution in [0.2, 0.25) is 5.02 Å². The summed E-state index contributed by atoms with van der Waals surface area (Å²) in [5, 5.41) is 3.27. The molecule has 1 amide bonds. The molecule has 0 aliphatic rings. The second-order valence-corrected chi connectivity index (χ2v) is 4.99. The summed E-state index contributed by atoms with van der Waals surface area (Å²) >= 11 is 9.21. The van der Waals surface area contributed by atoms with Crippen LogP contribution in [0.4, 0.5) is 0 Å². The van der Waals surface area contributed by atoms with Crippen molar-refractivity contribution in [2.45, 2.75) is 19.3 Å². The number of benzene rings is 1. The molecule has 1 aromatic carbocycles. The Balaban J connectivity index is 2.73. The third-order valence-electron chi connectivity index (χ3n) is 2.41. The van der Waals surface area contributed by atoms with Crippen LogP contribution in [-0.4, -0.2) is 32.5 Å². The highest BCUT2D eigenvalue weighted by Crippen LogP contribution is 2.23. The second-order valence-electron chi connectivity index (χ2n) is 3.73. The Morgan fingerprint density at radius 3 is 2.50 bits per heavy atom. The maximum atomic E-state index is 12.0. The van der Waals surface area contributed by atoms with Gasteiger partial charge in [0.25, 0.3) is 5.91 Å². The summed E-state index contributed by atoms with van der Waals surface area (Å²) in [5.41, 5.74) is 0.487. The quantitative estimate of drug-likeness (QED) is 0.841. The summed E-state index contributed by atoms with van der Waals surface area (Å²) in [7, 11) is 3.04. The van der Waals surface area contributed by atoms with E-state index in [1.54, 1.807) is 25.1 Å². The number of methoxy groups -OCH3 is 2. The fraction of sp³-hybridized carbons (Fsp3) is 0.417. The molecule has 18 heavy (non-hydrogen) atoms. The van der Waals surface area contributed by atoms with Crippen molar-refractivity contribution >= 4 is 33.4 Å². The lowest BCUT2D eigenvalue weighted by Gasteiger charge is -2.22. The molecular formula is C12H15BrClNO3. The zero-order valence-corrected chi connectivity index (χ0v) is 12.7. The third kappa shape index (κ3) is 3.95. The summed E-state index contributed by atoms with van der Waals surface area (Å²) in [5.74, 6) is -0.226. The van der Waals surface area contributed by atoms with E-state index in [1.165, 1.54) is 14.2 Å². The van der Waals surface area contributed by atoms with Crippen molar-refractivity contribution in [2.75, 3.05) is 14.2 Å². The van der Waals surface area contributed by atoms with E-state index < -0.39 is 6.29 Å². The van der Waals surface area contributed by atoms with Gasteiger partial charge in [-0.1, -0.05) is 11.6 Å². The molecule has 1 atom stereocenters. The van der Waals surface area contributed by atoms with Crippen molar-refractivity contribution in [3.05, 3.63) is 33.3 Å². The van der Waals surface area contributed by atoms with Crippen LogP contribution in [0.1, 0.15) is 17.3 Å². The van der Waals surface area contributed by atoms with E-state index >= 15 is 0 Å². The van der Waals surface area contributed by atoms with Crippen LogP contribution in [0.25, 0.3) is 0 Å². The first-order chi connectivity index (χ1) is 8.49. The number of carbonyl (C=O) groups is 1. The van der Waals surface area contributed by atoms with Crippen LogP contribution in [0.3, 0.4) is 0 Å². The number of hydrogen-bond donors (Lipinski definition) is 1. The molecule has 1 unspecified atom stereocenters. The van der Waals surface area contributed by atoms with Gasteiger partial charge >= 0.3 is 0 Å². The van der Waals surface area contributed by atoms with Gasteiger partial charge < -0.3 is 14.8 Å². The summed E-state index contributed by atoms with van der Waals surface area (Å²) in [4.78, 5) is 12.0. The number of hydrogen-bond acceptors (Lipinski definition) is 3. The first-order valence-corrected chi connectivity index (χ1v) is 6.48. The van der Waals surface area contributed by atoms with Gasteiger partial charge in [0.05, 0.1) is 11.1 Å². The Labute approximate surface area is 120 Å². The summed E-state index contributed by atoms with van der Waals surface area (Å²) in [6, 6.07) is 4.75. The molecule has 0 aliphatic carbocycles. The van der Waals surface area contributed by atoms with Crippen LogP contribution < -0.4 is 5.32 Å². The van der Waals surface area contributed by atoms with Crippen molar-refractivity contribution in [3.63, 3.8) is 0 Å². The zero-order chi connectivity index (χ0) is 13.7. The average Bonchev–Trinajstić information content (AvgIpc) is 2.34. The molecule has 1 N–H and O–H groups in total. The first kappa shape index (κ1) is 15.4. The molecule has 0 saturated carbocycles. The maximum absolute atomic E-state index is 12.0. The van der Waals surface area contributed by atoms with Gasteiger partial charge in [0, 0.05) is 24.3 Å². The molecule has 100 valence electrons. The van der Waals surface area contributed by atoms with Gasteiger partial charge in [-0.2, -0.15) is 0 Å². The van der Waals surface area contributed by atoms with E-state index in [0.717, 1.165) is 4.47 Å². The predicted molar refractivity (Wildman–Crippen MR) is 73.9 cm³/mol. The van der Waals surface area contributed by atoms with Gasteiger partial charge in [0.1, 0.15) is 0 Å². The van der Waals surface area contributed by atoms with Crippen molar-refractivity contribution in [1.82, 2.24) is 5.32 Å². The number of halogens is 2. The van der Waals surface area contributed by atoms with E-state index in [0.29, 0.717) is 10.6 Å². The summed E-state index contributed by atoms with van der Waals surface area (Å²) < 4.78 is 10.9. The molecule has 0 aliphatic heterocycles. The largest absolute Gasteiger partial charge is 0.354 e. The van der Waals surface area contributed by atoms with E-state index in [-0.39, 0.29) is 11.9 Å². The SMILES string of the molecule is COC(OC)C(C)NC(=O)c1ccc(Br)c(Cl)c1. The minimum Gasteiger partial charge on any atom is -0.354 e. The van der Waals surface area contributed by atoms with Crippen LogP contribution in [-0.2, 0) is 9.47 Å². The molecule has 0 saturated heterocycles. The van der Waals surface area contributed by atoms with E-state index in [1.807, 2.05) is 0 Å². The lowest BCUT2D eigenvalue weighted by molar-refractivity contribution is -0.117. The Hall–Kier alpha value is -0.620. The van der Waals surface area contributed by atoms with Crippen LogP contribution in [0.15, 0.2) is 22.7 Å². The summed E-state index contributed by atoms with van der Waals surface area (Å²) in [6.07, 6.45) is -0.486. The molecule has 0 radical (unpaired) electrons. The molecule has 0 aromatic heterocycles. The van der Waals surface area contributed by atoms with Crippen molar-refractivity contribution in [3.8, 4) is 0 Å². The fourth-order valence-electron chi connectivity index (χ4n) is 1.50. The van der Waals surface area contributed by atoms with E-state index in [4.69, 9.17) is 21.1 Å². The Kier molecular flexibility index (Phi) is 6.08. The maximum Gasteiger partial charge on any atom is 0.251 e. The lowest BCUT2D eigenvalue weighted by atomic mass is 10.2. The van der Waals surface area contributed by atoms with Gasteiger partial charge in [0.15, 0.2) is 6.29 Å².